The van der Waals surface area contributed by atoms with Gasteiger partial charge in [0.2, 0.25) is 5.91 Å². The summed E-state index contributed by atoms with van der Waals surface area (Å²) in [6, 6.07) is 5.41. The fraction of sp³-hybridized carbons (Fsp3) is 0.429. The first-order valence-corrected chi connectivity index (χ1v) is 7.33. The predicted octanol–water partition coefficient (Wildman–Crippen LogP) is 3.26. The number of carboxylic acids is 1. The van der Waals surface area contributed by atoms with Crippen LogP contribution in [0, 0.1) is 5.41 Å². The van der Waals surface area contributed by atoms with Crippen molar-refractivity contribution in [1.82, 2.24) is 5.32 Å². The molecule has 0 radical (unpaired) electrons. The van der Waals surface area contributed by atoms with Gasteiger partial charge < -0.3 is 10.4 Å². The van der Waals surface area contributed by atoms with Gasteiger partial charge in [-0.25, -0.2) is 0 Å². The molecule has 4 nitrogen and oxygen atoms in total. The third-order valence-corrected chi connectivity index (χ3v) is 3.94. The van der Waals surface area contributed by atoms with Crippen molar-refractivity contribution in [2.75, 3.05) is 6.54 Å². The molecule has 0 spiro atoms. The van der Waals surface area contributed by atoms with Crippen LogP contribution in [-0.4, -0.2) is 23.5 Å². The van der Waals surface area contributed by atoms with E-state index in [-0.39, 0.29) is 18.9 Å². The summed E-state index contributed by atoms with van der Waals surface area (Å²) >= 11 is 9.30. The summed E-state index contributed by atoms with van der Waals surface area (Å²) in [5, 5.41) is 12.2. The Hall–Kier alpha value is -1.07. The molecule has 0 atom stereocenters. The van der Waals surface area contributed by atoms with Gasteiger partial charge in [0.1, 0.15) is 0 Å². The highest BCUT2D eigenvalue weighted by Crippen LogP contribution is 2.22. The number of aliphatic carboxylic acids is 1. The highest BCUT2D eigenvalue weighted by atomic mass is 79.9. The molecule has 1 amide bonds. The number of carbonyl (C=O) groups is 2. The zero-order valence-corrected chi connectivity index (χ0v) is 13.7. The molecule has 1 aromatic carbocycles. The molecule has 0 aromatic heterocycles. The van der Waals surface area contributed by atoms with Gasteiger partial charge in [0.15, 0.2) is 0 Å². The van der Waals surface area contributed by atoms with E-state index in [0.717, 1.165) is 10.0 Å². The Kier molecular flexibility index (Phi) is 6.02. The van der Waals surface area contributed by atoms with Crippen LogP contribution in [0.25, 0.3) is 0 Å². The molecule has 0 heterocycles. The SMILES string of the molecule is CC(C)(CNC(=O)CCc1cc(Cl)ccc1Br)C(=O)O. The Labute approximate surface area is 131 Å². The molecule has 1 rings (SSSR count). The quantitative estimate of drug-likeness (QED) is 0.816. The molecule has 0 bridgehead atoms. The molecular formula is C14H17BrClNO3. The molecule has 20 heavy (non-hydrogen) atoms. The number of rotatable bonds is 6. The van der Waals surface area contributed by atoms with E-state index in [1.165, 1.54) is 0 Å². The Morgan fingerprint density at radius 2 is 2.05 bits per heavy atom. The van der Waals surface area contributed by atoms with Crippen molar-refractivity contribution in [1.29, 1.82) is 0 Å². The number of benzene rings is 1. The van der Waals surface area contributed by atoms with Crippen LogP contribution >= 0.6 is 27.5 Å². The van der Waals surface area contributed by atoms with E-state index < -0.39 is 11.4 Å². The van der Waals surface area contributed by atoms with Crippen LogP contribution in [0.4, 0.5) is 0 Å². The molecule has 0 aliphatic carbocycles. The molecule has 0 aliphatic heterocycles. The number of hydrogen-bond acceptors (Lipinski definition) is 2. The van der Waals surface area contributed by atoms with Gasteiger partial charge >= 0.3 is 5.97 Å². The number of nitrogens with one attached hydrogen (secondary N) is 1. The van der Waals surface area contributed by atoms with Crippen molar-refractivity contribution in [2.45, 2.75) is 26.7 Å². The molecule has 0 saturated carbocycles. The lowest BCUT2D eigenvalue weighted by atomic mass is 9.94. The molecule has 0 fully saturated rings. The number of hydrogen-bond donors (Lipinski definition) is 2. The van der Waals surface area contributed by atoms with E-state index in [9.17, 15) is 9.59 Å². The molecule has 1 aromatic rings. The summed E-state index contributed by atoms with van der Waals surface area (Å²) in [5.74, 6) is -1.11. The number of amides is 1. The lowest BCUT2D eigenvalue weighted by Crippen LogP contribution is -2.38. The maximum Gasteiger partial charge on any atom is 0.310 e. The van der Waals surface area contributed by atoms with Crippen molar-refractivity contribution >= 4 is 39.4 Å². The van der Waals surface area contributed by atoms with Gasteiger partial charge in [0.05, 0.1) is 5.41 Å². The predicted molar refractivity (Wildman–Crippen MR) is 81.9 cm³/mol. The maximum atomic E-state index is 11.7. The standard InChI is InChI=1S/C14H17BrClNO3/c1-14(2,13(19)20)8-17-12(18)6-3-9-7-10(16)4-5-11(9)15/h4-5,7H,3,6,8H2,1-2H3,(H,17,18)(H,19,20). The van der Waals surface area contributed by atoms with Gasteiger partial charge in [-0.1, -0.05) is 27.5 Å². The van der Waals surface area contributed by atoms with Gasteiger partial charge in [-0.05, 0) is 44.0 Å². The second-order valence-electron chi connectivity index (χ2n) is 5.20. The van der Waals surface area contributed by atoms with E-state index in [2.05, 4.69) is 21.2 Å². The van der Waals surface area contributed by atoms with E-state index in [1.807, 2.05) is 6.07 Å². The van der Waals surface area contributed by atoms with Crippen LogP contribution in [-0.2, 0) is 16.0 Å². The highest BCUT2D eigenvalue weighted by molar-refractivity contribution is 9.10. The highest BCUT2D eigenvalue weighted by Gasteiger charge is 2.27. The average molecular weight is 363 g/mol. The fourth-order valence-corrected chi connectivity index (χ4v) is 2.11. The largest absolute Gasteiger partial charge is 0.481 e. The van der Waals surface area contributed by atoms with E-state index in [1.54, 1.807) is 26.0 Å². The molecule has 0 unspecified atom stereocenters. The maximum absolute atomic E-state index is 11.7. The summed E-state index contributed by atoms with van der Waals surface area (Å²) in [5.41, 5.74) is -0.0168. The zero-order valence-electron chi connectivity index (χ0n) is 11.4. The molecular weight excluding hydrogens is 346 g/mol. The monoisotopic (exact) mass is 361 g/mol. The molecule has 0 aliphatic rings. The number of carbonyl (C=O) groups excluding carboxylic acids is 1. The summed E-state index contributed by atoms with van der Waals surface area (Å²) in [7, 11) is 0. The van der Waals surface area contributed by atoms with E-state index >= 15 is 0 Å². The summed E-state index contributed by atoms with van der Waals surface area (Å²) in [6.45, 7) is 3.25. The normalized spacial score (nSPS) is 11.2. The first-order valence-electron chi connectivity index (χ1n) is 6.16. The second kappa shape index (κ2) is 7.09. The summed E-state index contributed by atoms with van der Waals surface area (Å²) in [4.78, 5) is 22.7. The lowest BCUT2D eigenvalue weighted by molar-refractivity contribution is -0.146. The first-order chi connectivity index (χ1) is 9.22. The van der Waals surface area contributed by atoms with Gasteiger partial charge in [0, 0.05) is 22.5 Å². The zero-order chi connectivity index (χ0) is 15.3. The lowest BCUT2D eigenvalue weighted by Gasteiger charge is -2.19. The number of carboxylic acid groups (broad SMARTS) is 1. The third kappa shape index (κ3) is 5.13. The number of aryl methyl sites for hydroxylation is 1. The van der Waals surface area contributed by atoms with Crippen molar-refractivity contribution in [3.63, 3.8) is 0 Å². The molecule has 2 N–H and O–H groups in total. The van der Waals surface area contributed by atoms with Gasteiger partial charge in [-0.15, -0.1) is 0 Å². The molecule has 0 saturated heterocycles. The minimum absolute atomic E-state index is 0.109. The van der Waals surface area contributed by atoms with Crippen molar-refractivity contribution in [2.24, 2.45) is 5.41 Å². The Morgan fingerprint density at radius 1 is 1.40 bits per heavy atom. The third-order valence-electron chi connectivity index (χ3n) is 2.94. The van der Waals surface area contributed by atoms with Gasteiger partial charge in [-0.2, -0.15) is 0 Å². The topological polar surface area (TPSA) is 66.4 Å². The Balaban J connectivity index is 2.48. The Bertz CT molecular complexity index is 517. The second-order valence-corrected chi connectivity index (χ2v) is 6.49. The fourth-order valence-electron chi connectivity index (χ4n) is 1.47. The van der Waals surface area contributed by atoms with Crippen LogP contribution in [0.1, 0.15) is 25.8 Å². The summed E-state index contributed by atoms with van der Waals surface area (Å²) < 4.78 is 0.903. The van der Waals surface area contributed by atoms with Crippen LogP contribution in [0.15, 0.2) is 22.7 Å². The Morgan fingerprint density at radius 3 is 2.65 bits per heavy atom. The number of halogens is 2. The van der Waals surface area contributed by atoms with Crippen LogP contribution in [0.2, 0.25) is 5.02 Å². The van der Waals surface area contributed by atoms with Crippen LogP contribution in [0.3, 0.4) is 0 Å². The minimum Gasteiger partial charge on any atom is -0.481 e. The van der Waals surface area contributed by atoms with Crippen molar-refractivity contribution in [3.8, 4) is 0 Å². The van der Waals surface area contributed by atoms with Crippen molar-refractivity contribution < 1.29 is 14.7 Å². The van der Waals surface area contributed by atoms with E-state index in [0.29, 0.717) is 11.4 Å². The van der Waals surface area contributed by atoms with E-state index in [4.69, 9.17) is 16.7 Å². The van der Waals surface area contributed by atoms with Gasteiger partial charge in [-0.3, -0.25) is 9.59 Å². The minimum atomic E-state index is -0.966. The first kappa shape index (κ1) is 17.0. The smallest absolute Gasteiger partial charge is 0.310 e. The van der Waals surface area contributed by atoms with Gasteiger partial charge in [0.25, 0.3) is 0 Å². The molecule has 110 valence electrons. The summed E-state index contributed by atoms with van der Waals surface area (Å²) in [6.07, 6.45) is 0.828. The van der Waals surface area contributed by atoms with Crippen LogP contribution in [0.5, 0.6) is 0 Å². The average Bonchev–Trinajstić information content (AvgIpc) is 2.37. The molecule has 6 heteroatoms. The van der Waals surface area contributed by atoms with Crippen molar-refractivity contribution in [3.05, 3.63) is 33.3 Å². The van der Waals surface area contributed by atoms with Crippen LogP contribution < -0.4 is 5.32 Å².